The summed E-state index contributed by atoms with van der Waals surface area (Å²) in [7, 11) is -1.06. The fourth-order valence-corrected chi connectivity index (χ4v) is 6.07. The molecule has 3 aromatic rings. The second-order valence-corrected chi connectivity index (χ2v) is 9.30. The molecular formula is C25H27O2P. The zero-order valence-electron chi connectivity index (χ0n) is 16.6. The first-order valence-electron chi connectivity index (χ1n) is 10.4. The molecule has 2 aromatic carbocycles. The third-order valence-corrected chi connectivity index (χ3v) is 7.27. The van der Waals surface area contributed by atoms with Crippen LogP contribution in [0.25, 0.3) is 34.1 Å². The van der Waals surface area contributed by atoms with Gasteiger partial charge in [-0.15, -0.1) is 0 Å². The molecule has 0 atom stereocenters. The first-order chi connectivity index (χ1) is 13.7. The van der Waals surface area contributed by atoms with E-state index < -0.39 is 8.01 Å². The summed E-state index contributed by atoms with van der Waals surface area (Å²) in [5.74, 6) is 0. The summed E-state index contributed by atoms with van der Waals surface area (Å²) in [6.07, 6.45) is 13.4. The third kappa shape index (κ3) is 2.70. The summed E-state index contributed by atoms with van der Waals surface area (Å²) in [6, 6.07) is 4.61. The molecule has 2 nitrogen and oxygen atoms in total. The van der Waals surface area contributed by atoms with Crippen LogP contribution in [-0.2, 0) is 32.3 Å². The molecule has 3 heteroatoms. The molecule has 0 unspecified atom stereocenters. The van der Waals surface area contributed by atoms with Gasteiger partial charge in [0.1, 0.15) is 11.2 Å². The van der Waals surface area contributed by atoms with Crippen molar-refractivity contribution >= 4 is 42.1 Å². The standard InChI is InChI=1S/C25H27O2P/c1-4-16-14-18-10-6-8-12-20(18)22-23-21-13-9-7-11-19(21)15-17(5-2)25(23)27-28(3)26-24(16)22/h4-5,14-15H,1-2,6-13H2,3H3. The van der Waals surface area contributed by atoms with Crippen LogP contribution in [0.5, 0.6) is 0 Å². The Bertz CT molecular complexity index is 1080. The summed E-state index contributed by atoms with van der Waals surface area (Å²) in [5.41, 5.74) is 10.0. The Balaban J connectivity index is 2.12. The van der Waals surface area contributed by atoms with E-state index in [9.17, 15) is 0 Å². The van der Waals surface area contributed by atoms with E-state index in [2.05, 4.69) is 25.3 Å². The molecule has 0 bridgehead atoms. The molecule has 0 spiro atoms. The van der Waals surface area contributed by atoms with Crippen LogP contribution in [0.1, 0.15) is 59.1 Å². The lowest BCUT2D eigenvalue weighted by molar-refractivity contribution is 0.640. The first-order valence-corrected chi connectivity index (χ1v) is 12.1. The predicted octanol–water partition coefficient (Wildman–Crippen LogP) is 7.87. The Morgan fingerprint density at radius 2 is 1.18 bits per heavy atom. The molecule has 0 amide bonds. The first kappa shape index (κ1) is 17.9. The van der Waals surface area contributed by atoms with Gasteiger partial charge in [0.25, 0.3) is 0 Å². The number of rotatable bonds is 2. The lowest BCUT2D eigenvalue weighted by atomic mass is 9.82. The molecule has 2 aliphatic rings. The minimum atomic E-state index is -1.06. The van der Waals surface area contributed by atoms with Crippen molar-refractivity contribution in [2.24, 2.45) is 6.66 Å². The fraction of sp³-hybridized carbons (Fsp3) is 0.360. The van der Waals surface area contributed by atoms with Gasteiger partial charge in [-0.2, -0.15) is 0 Å². The molecule has 0 fully saturated rings. The molecule has 1 heterocycles. The highest BCUT2D eigenvalue weighted by Crippen LogP contribution is 2.44. The van der Waals surface area contributed by atoms with E-state index in [1.807, 2.05) is 18.8 Å². The van der Waals surface area contributed by atoms with Gasteiger partial charge in [0.2, 0.25) is 8.01 Å². The van der Waals surface area contributed by atoms with Gasteiger partial charge in [-0.1, -0.05) is 25.3 Å². The van der Waals surface area contributed by atoms with Crippen molar-refractivity contribution in [2.75, 3.05) is 0 Å². The van der Waals surface area contributed by atoms with Crippen LogP contribution in [0.3, 0.4) is 0 Å². The van der Waals surface area contributed by atoms with E-state index in [1.165, 1.54) is 58.7 Å². The van der Waals surface area contributed by atoms with E-state index in [0.29, 0.717) is 0 Å². The average Bonchev–Trinajstić information content (AvgIpc) is 2.88. The van der Waals surface area contributed by atoms with E-state index >= 15 is 0 Å². The SMILES string of the molecule is C=Cc1cc2c(c3c1op(C)oc1c(C=C)cc4c(c13)CCCC4)CCCC2. The molecule has 0 saturated heterocycles. The van der Waals surface area contributed by atoms with Gasteiger partial charge >= 0.3 is 0 Å². The van der Waals surface area contributed by atoms with Crippen molar-refractivity contribution < 1.29 is 8.39 Å². The Hall–Kier alpha value is -2.18. The predicted molar refractivity (Wildman–Crippen MR) is 121 cm³/mol. The molecule has 0 aliphatic heterocycles. The summed E-state index contributed by atoms with van der Waals surface area (Å²) in [6.45, 7) is 10.2. The monoisotopic (exact) mass is 390 g/mol. The van der Waals surface area contributed by atoms with Gasteiger partial charge in [-0.25, -0.2) is 0 Å². The maximum Gasteiger partial charge on any atom is 0.213 e. The number of hydrogen-bond acceptors (Lipinski definition) is 2. The van der Waals surface area contributed by atoms with E-state index in [4.69, 9.17) is 8.39 Å². The smallest absolute Gasteiger partial charge is 0.213 e. The molecule has 5 rings (SSSR count). The number of fused-ring (bicyclic) bond motifs is 7. The maximum atomic E-state index is 6.45. The molecule has 144 valence electrons. The summed E-state index contributed by atoms with van der Waals surface area (Å²) < 4.78 is 12.9. The fourth-order valence-electron chi connectivity index (χ4n) is 5.12. The Morgan fingerprint density at radius 1 is 0.750 bits per heavy atom. The number of aryl methyl sites for hydroxylation is 5. The Labute approximate surface area is 167 Å². The van der Waals surface area contributed by atoms with Crippen LogP contribution in [-0.4, -0.2) is 0 Å². The number of hydrogen-bond donors (Lipinski definition) is 0. The highest BCUT2D eigenvalue weighted by Gasteiger charge is 2.23. The topological polar surface area (TPSA) is 26.3 Å². The average molecular weight is 390 g/mol. The summed E-state index contributed by atoms with van der Waals surface area (Å²) in [4.78, 5) is 0. The van der Waals surface area contributed by atoms with Gasteiger partial charge in [0.15, 0.2) is 0 Å². The summed E-state index contributed by atoms with van der Waals surface area (Å²) >= 11 is 0. The van der Waals surface area contributed by atoms with Crippen molar-refractivity contribution in [1.29, 1.82) is 0 Å². The normalized spacial score (nSPS) is 15.9. The third-order valence-electron chi connectivity index (χ3n) is 6.39. The van der Waals surface area contributed by atoms with Crippen molar-refractivity contribution in [3.05, 3.63) is 58.7 Å². The van der Waals surface area contributed by atoms with Crippen LogP contribution in [0, 0.1) is 0 Å². The van der Waals surface area contributed by atoms with Crippen molar-refractivity contribution in [3.63, 3.8) is 0 Å². The van der Waals surface area contributed by atoms with Crippen LogP contribution in [0.2, 0.25) is 0 Å². The lowest BCUT2D eigenvalue weighted by Gasteiger charge is -2.22. The van der Waals surface area contributed by atoms with Crippen LogP contribution >= 0.6 is 8.01 Å². The van der Waals surface area contributed by atoms with Crippen molar-refractivity contribution in [1.82, 2.24) is 0 Å². The minimum Gasteiger partial charge on any atom is -0.419 e. The van der Waals surface area contributed by atoms with Crippen LogP contribution < -0.4 is 0 Å². The molecule has 0 radical (unpaired) electrons. The molecule has 0 N–H and O–H groups in total. The molecule has 0 saturated carbocycles. The van der Waals surface area contributed by atoms with E-state index in [-0.39, 0.29) is 0 Å². The van der Waals surface area contributed by atoms with Gasteiger partial charge in [0.05, 0.1) is 0 Å². The van der Waals surface area contributed by atoms with Crippen LogP contribution in [0.4, 0.5) is 0 Å². The van der Waals surface area contributed by atoms with Crippen molar-refractivity contribution in [3.8, 4) is 0 Å². The molecule has 1 aromatic heterocycles. The number of benzene rings is 2. The van der Waals surface area contributed by atoms with Gasteiger partial charge in [0, 0.05) is 28.6 Å². The molecule has 28 heavy (non-hydrogen) atoms. The molecule has 2 aliphatic carbocycles. The van der Waals surface area contributed by atoms with E-state index in [1.54, 1.807) is 0 Å². The second kappa shape index (κ2) is 7.01. The maximum absolute atomic E-state index is 6.45. The van der Waals surface area contributed by atoms with Gasteiger partial charge < -0.3 is 8.39 Å². The van der Waals surface area contributed by atoms with Gasteiger partial charge in [-0.05, 0) is 85.8 Å². The Kier molecular flexibility index (Phi) is 4.48. The lowest BCUT2D eigenvalue weighted by Crippen LogP contribution is -2.07. The highest BCUT2D eigenvalue weighted by molar-refractivity contribution is 7.35. The zero-order chi connectivity index (χ0) is 19.3. The van der Waals surface area contributed by atoms with Crippen LogP contribution in [0.15, 0.2) is 33.7 Å². The Morgan fingerprint density at radius 3 is 1.61 bits per heavy atom. The zero-order valence-corrected chi connectivity index (χ0v) is 17.5. The largest absolute Gasteiger partial charge is 0.419 e. The van der Waals surface area contributed by atoms with Gasteiger partial charge in [-0.3, -0.25) is 0 Å². The summed E-state index contributed by atoms with van der Waals surface area (Å²) in [5, 5.41) is 2.58. The highest BCUT2D eigenvalue weighted by atomic mass is 31.1. The van der Waals surface area contributed by atoms with Crippen molar-refractivity contribution in [2.45, 2.75) is 51.4 Å². The quantitative estimate of drug-likeness (QED) is 0.445. The molecular weight excluding hydrogens is 363 g/mol. The second-order valence-electron chi connectivity index (χ2n) is 8.06. The van der Waals surface area contributed by atoms with E-state index in [0.717, 1.165) is 48.0 Å². The minimum absolute atomic E-state index is 0.983.